The molecule has 150 valence electrons. The number of rotatable bonds is 5. The molecule has 6 heteroatoms. The van der Waals surface area contributed by atoms with Crippen molar-refractivity contribution < 1.29 is 19.1 Å². The minimum absolute atomic E-state index is 0.195. The second-order valence-electron chi connectivity index (χ2n) is 7.71. The van der Waals surface area contributed by atoms with E-state index in [1.54, 1.807) is 29.2 Å². The van der Waals surface area contributed by atoms with Crippen LogP contribution in [0.3, 0.4) is 0 Å². The van der Waals surface area contributed by atoms with Crippen LogP contribution < -0.4 is 4.74 Å². The topological polar surface area (TPSA) is 66.9 Å². The first-order chi connectivity index (χ1) is 14.0. The van der Waals surface area contributed by atoms with E-state index in [0.29, 0.717) is 30.8 Å². The maximum atomic E-state index is 12.8. The van der Waals surface area contributed by atoms with Crippen LogP contribution in [0.4, 0.5) is 0 Å². The number of amides is 3. The van der Waals surface area contributed by atoms with Crippen LogP contribution in [0.15, 0.2) is 48.5 Å². The van der Waals surface area contributed by atoms with Crippen molar-refractivity contribution in [3.8, 4) is 5.75 Å². The molecule has 0 radical (unpaired) electrons. The fourth-order valence-corrected chi connectivity index (χ4v) is 3.89. The molecule has 0 saturated carbocycles. The zero-order valence-electron chi connectivity index (χ0n) is 16.5. The molecule has 1 saturated heterocycles. The Labute approximate surface area is 170 Å². The lowest BCUT2D eigenvalue weighted by molar-refractivity contribution is -0.133. The summed E-state index contributed by atoms with van der Waals surface area (Å²) in [7, 11) is 0. The second kappa shape index (κ2) is 8.07. The fourth-order valence-electron chi connectivity index (χ4n) is 3.89. The number of benzene rings is 2. The minimum Gasteiger partial charge on any atom is -0.493 e. The molecule has 29 heavy (non-hydrogen) atoms. The van der Waals surface area contributed by atoms with Crippen molar-refractivity contribution in [3.05, 3.63) is 65.2 Å². The monoisotopic (exact) mass is 392 g/mol. The summed E-state index contributed by atoms with van der Waals surface area (Å²) in [5.41, 5.74) is 1.92. The lowest BCUT2D eigenvalue weighted by Gasteiger charge is -2.33. The Hall–Kier alpha value is -3.15. The average Bonchev–Trinajstić information content (AvgIpc) is 2.99. The first-order valence-corrected chi connectivity index (χ1v) is 9.95. The molecule has 0 bridgehead atoms. The molecule has 1 atom stereocenters. The van der Waals surface area contributed by atoms with E-state index in [1.165, 1.54) is 5.56 Å². The van der Waals surface area contributed by atoms with Crippen LogP contribution in [-0.2, 0) is 4.79 Å². The van der Waals surface area contributed by atoms with Crippen molar-refractivity contribution in [2.24, 2.45) is 5.92 Å². The molecule has 2 aliphatic rings. The van der Waals surface area contributed by atoms with Gasteiger partial charge < -0.3 is 9.64 Å². The van der Waals surface area contributed by atoms with E-state index < -0.39 is 11.8 Å². The molecule has 2 aromatic carbocycles. The molecule has 0 spiro atoms. The summed E-state index contributed by atoms with van der Waals surface area (Å²) in [5.74, 6) is 0.0752. The number of fused-ring (bicyclic) bond motifs is 1. The molecule has 1 fully saturated rings. The summed E-state index contributed by atoms with van der Waals surface area (Å²) >= 11 is 0. The van der Waals surface area contributed by atoms with Crippen molar-refractivity contribution in [2.45, 2.75) is 19.8 Å². The SMILES string of the molecule is Cc1ccc(OCC2CCCN(C(=O)CN3C(=O)c4ccccc4C3=O)C2)cc1. The number of carbonyl (C=O) groups excluding carboxylic acids is 3. The van der Waals surface area contributed by atoms with E-state index in [2.05, 4.69) is 0 Å². The van der Waals surface area contributed by atoms with E-state index >= 15 is 0 Å². The molecule has 2 aromatic rings. The van der Waals surface area contributed by atoms with Crippen molar-refractivity contribution in [1.82, 2.24) is 9.80 Å². The van der Waals surface area contributed by atoms with Gasteiger partial charge in [0.15, 0.2) is 0 Å². The predicted molar refractivity (Wildman–Crippen MR) is 108 cm³/mol. The Morgan fingerprint density at radius 1 is 1.03 bits per heavy atom. The van der Waals surface area contributed by atoms with Crippen molar-refractivity contribution in [2.75, 3.05) is 26.2 Å². The van der Waals surface area contributed by atoms with Gasteiger partial charge in [0.05, 0.1) is 17.7 Å². The van der Waals surface area contributed by atoms with Crippen LogP contribution in [0.25, 0.3) is 0 Å². The third kappa shape index (κ3) is 4.01. The van der Waals surface area contributed by atoms with Crippen molar-refractivity contribution >= 4 is 17.7 Å². The summed E-state index contributed by atoms with van der Waals surface area (Å²) in [4.78, 5) is 40.6. The van der Waals surface area contributed by atoms with Crippen LogP contribution in [0, 0.1) is 12.8 Å². The number of hydrogen-bond donors (Lipinski definition) is 0. The Kier molecular flexibility index (Phi) is 5.34. The summed E-state index contributed by atoms with van der Waals surface area (Å²) in [6.07, 6.45) is 1.87. The molecule has 0 aromatic heterocycles. The fraction of sp³-hybridized carbons (Fsp3) is 0.348. The molecule has 1 unspecified atom stereocenters. The second-order valence-corrected chi connectivity index (χ2v) is 7.71. The Morgan fingerprint density at radius 3 is 2.34 bits per heavy atom. The van der Waals surface area contributed by atoms with Gasteiger partial charge in [0, 0.05) is 19.0 Å². The van der Waals surface area contributed by atoms with Gasteiger partial charge in [-0.25, -0.2) is 0 Å². The van der Waals surface area contributed by atoms with Crippen LogP contribution in [-0.4, -0.2) is 53.8 Å². The molecule has 0 aliphatic carbocycles. The first-order valence-electron chi connectivity index (χ1n) is 9.95. The van der Waals surface area contributed by atoms with Gasteiger partial charge in [0.1, 0.15) is 12.3 Å². The standard InChI is InChI=1S/C23H24N2O4/c1-16-8-10-18(11-9-16)29-15-17-5-4-12-24(13-17)21(26)14-25-22(27)19-6-2-3-7-20(19)23(25)28/h2-3,6-11,17H,4-5,12-15H2,1H3. The number of likely N-dealkylation sites (tertiary alicyclic amines) is 1. The van der Waals surface area contributed by atoms with Crippen molar-refractivity contribution in [3.63, 3.8) is 0 Å². The molecular weight excluding hydrogens is 368 g/mol. The zero-order valence-corrected chi connectivity index (χ0v) is 16.5. The summed E-state index contributed by atoms with van der Waals surface area (Å²) < 4.78 is 5.88. The normalized spacial score (nSPS) is 18.7. The van der Waals surface area contributed by atoms with Gasteiger partial charge in [0.25, 0.3) is 11.8 Å². The van der Waals surface area contributed by atoms with E-state index in [0.717, 1.165) is 23.5 Å². The number of carbonyl (C=O) groups is 3. The molecule has 4 rings (SSSR count). The van der Waals surface area contributed by atoms with Crippen LogP contribution in [0.5, 0.6) is 5.75 Å². The van der Waals surface area contributed by atoms with Gasteiger partial charge in [0.2, 0.25) is 5.91 Å². The highest BCUT2D eigenvalue weighted by Gasteiger charge is 2.37. The summed E-state index contributed by atoms with van der Waals surface area (Å²) in [6.45, 7) is 3.58. The third-order valence-corrected chi connectivity index (χ3v) is 5.55. The van der Waals surface area contributed by atoms with E-state index in [4.69, 9.17) is 4.74 Å². The number of imide groups is 1. The third-order valence-electron chi connectivity index (χ3n) is 5.55. The highest BCUT2D eigenvalue weighted by molar-refractivity contribution is 6.22. The minimum atomic E-state index is -0.393. The average molecular weight is 392 g/mol. The van der Waals surface area contributed by atoms with Crippen molar-refractivity contribution in [1.29, 1.82) is 0 Å². The van der Waals surface area contributed by atoms with Gasteiger partial charge in [-0.3, -0.25) is 19.3 Å². The molecular formula is C23H24N2O4. The molecule has 2 heterocycles. The predicted octanol–water partition coefficient (Wildman–Crippen LogP) is 2.91. The number of hydrogen-bond acceptors (Lipinski definition) is 4. The van der Waals surface area contributed by atoms with Gasteiger partial charge >= 0.3 is 0 Å². The smallest absolute Gasteiger partial charge is 0.262 e. The van der Waals surface area contributed by atoms with Crippen LogP contribution in [0.1, 0.15) is 39.1 Å². The Bertz CT molecular complexity index is 903. The molecule has 0 N–H and O–H groups in total. The Balaban J connectivity index is 1.34. The molecule has 2 aliphatic heterocycles. The number of ether oxygens (including phenoxy) is 1. The van der Waals surface area contributed by atoms with Crippen LogP contribution in [0.2, 0.25) is 0 Å². The zero-order chi connectivity index (χ0) is 20.4. The van der Waals surface area contributed by atoms with Gasteiger partial charge in [-0.05, 0) is 44.0 Å². The molecule has 3 amide bonds. The highest BCUT2D eigenvalue weighted by atomic mass is 16.5. The van der Waals surface area contributed by atoms with Gasteiger partial charge in [-0.2, -0.15) is 0 Å². The number of nitrogens with zero attached hydrogens (tertiary/aromatic N) is 2. The van der Waals surface area contributed by atoms with Crippen LogP contribution >= 0.6 is 0 Å². The maximum Gasteiger partial charge on any atom is 0.262 e. The van der Waals surface area contributed by atoms with Gasteiger partial charge in [-0.15, -0.1) is 0 Å². The lowest BCUT2D eigenvalue weighted by Crippen LogP contribution is -2.47. The summed E-state index contributed by atoms with van der Waals surface area (Å²) in [5, 5.41) is 0. The highest BCUT2D eigenvalue weighted by Crippen LogP contribution is 2.24. The largest absolute Gasteiger partial charge is 0.493 e. The first kappa shape index (κ1) is 19.2. The number of aryl methyl sites for hydroxylation is 1. The summed E-state index contributed by atoms with van der Waals surface area (Å²) in [6, 6.07) is 14.6. The molecule has 6 nitrogen and oxygen atoms in total. The van der Waals surface area contributed by atoms with E-state index in [-0.39, 0.29) is 18.4 Å². The van der Waals surface area contributed by atoms with E-state index in [9.17, 15) is 14.4 Å². The maximum absolute atomic E-state index is 12.8. The lowest BCUT2D eigenvalue weighted by atomic mass is 9.99. The van der Waals surface area contributed by atoms with Gasteiger partial charge in [-0.1, -0.05) is 29.8 Å². The number of piperidine rings is 1. The quantitative estimate of drug-likeness (QED) is 0.734. The Morgan fingerprint density at radius 2 is 1.69 bits per heavy atom. The van der Waals surface area contributed by atoms with E-state index in [1.807, 2.05) is 31.2 Å².